The van der Waals surface area contributed by atoms with Crippen LogP contribution in [0.3, 0.4) is 0 Å². The molecular weight excluding hydrogens is 615 g/mol. The minimum absolute atomic E-state index is 0.0157. The lowest BCUT2D eigenvalue weighted by molar-refractivity contribution is -0.274. The molecule has 1 saturated heterocycles. The Morgan fingerprint density at radius 1 is 1.09 bits per heavy atom. The van der Waals surface area contributed by atoms with Gasteiger partial charge in [-0.1, -0.05) is 61.2 Å². The zero-order valence-electron chi connectivity index (χ0n) is 24.2. The fourth-order valence-corrected chi connectivity index (χ4v) is 6.00. The van der Waals surface area contributed by atoms with Crippen LogP contribution in [-0.4, -0.2) is 50.4 Å². The number of aromatic nitrogens is 3. The first kappa shape index (κ1) is 31.9. The van der Waals surface area contributed by atoms with Gasteiger partial charge < -0.3 is 15.0 Å². The maximum absolute atomic E-state index is 15.1. The van der Waals surface area contributed by atoms with Gasteiger partial charge in [-0.25, -0.2) is 23.2 Å². The van der Waals surface area contributed by atoms with Crippen LogP contribution in [0.2, 0.25) is 0 Å². The minimum atomic E-state index is -4.80. The summed E-state index contributed by atoms with van der Waals surface area (Å²) >= 11 is 1.39. The van der Waals surface area contributed by atoms with Crippen molar-refractivity contribution in [1.29, 1.82) is 0 Å². The Kier molecular flexibility index (Phi) is 9.71. The zero-order valence-corrected chi connectivity index (χ0v) is 25.0. The van der Waals surface area contributed by atoms with Gasteiger partial charge in [-0.15, -0.1) is 18.3 Å². The molecule has 1 fully saturated rings. The lowest BCUT2D eigenvalue weighted by Crippen LogP contribution is -2.43. The van der Waals surface area contributed by atoms with Crippen LogP contribution in [0.1, 0.15) is 37.6 Å². The minimum Gasteiger partial charge on any atom is -0.406 e. The van der Waals surface area contributed by atoms with Crippen LogP contribution in [0, 0.1) is 0 Å². The van der Waals surface area contributed by atoms with Crippen molar-refractivity contribution < 1.29 is 31.5 Å². The highest BCUT2D eigenvalue weighted by Gasteiger charge is 2.31. The second kappa shape index (κ2) is 13.7. The number of alkyl halides is 5. The molecule has 14 heteroatoms. The number of rotatable bonds is 8. The van der Waals surface area contributed by atoms with E-state index in [1.165, 1.54) is 59.2 Å². The molecule has 1 N–H and O–H groups in total. The number of aliphatic imine (C=N–C) groups is 1. The summed E-state index contributed by atoms with van der Waals surface area (Å²) in [6.07, 6.45) is -6.29. The average Bonchev–Trinajstić information content (AvgIpc) is 3.51. The average molecular weight is 645 g/mol. The topological polar surface area (TPSA) is 84.6 Å². The third-order valence-corrected chi connectivity index (χ3v) is 8.06. The quantitative estimate of drug-likeness (QED) is 0.156. The van der Waals surface area contributed by atoms with Gasteiger partial charge in [-0.05, 0) is 61.2 Å². The number of hydrogen-bond donors (Lipinski definition) is 1. The number of hydrogen-bond acceptors (Lipinski definition) is 5. The van der Waals surface area contributed by atoms with E-state index < -0.39 is 24.9 Å². The third-order valence-electron chi connectivity index (χ3n) is 7.08. The number of nitrogens with zero attached hydrogens (tertiary/aromatic N) is 5. The third kappa shape index (κ3) is 7.80. The highest BCUT2D eigenvalue weighted by Crippen LogP contribution is 2.32. The number of nitrogens with one attached hydrogen (secondary N) is 1. The predicted molar refractivity (Wildman–Crippen MR) is 163 cm³/mol. The number of ether oxygens (including phenoxy) is 1. The summed E-state index contributed by atoms with van der Waals surface area (Å²) in [4.78, 5) is 23.0. The summed E-state index contributed by atoms with van der Waals surface area (Å²) in [6, 6.07) is 17.7. The molecule has 0 bridgehead atoms. The van der Waals surface area contributed by atoms with Crippen LogP contribution in [0.15, 0.2) is 84.1 Å². The van der Waals surface area contributed by atoms with E-state index in [4.69, 9.17) is 0 Å². The number of amides is 2. The second-order valence-electron chi connectivity index (χ2n) is 10.2. The van der Waals surface area contributed by atoms with E-state index in [1.54, 1.807) is 0 Å². The van der Waals surface area contributed by atoms with Gasteiger partial charge in [0, 0.05) is 23.0 Å². The Morgan fingerprint density at radius 3 is 2.49 bits per heavy atom. The molecule has 45 heavy (non-hydrogen) atoms. The van der Waals surface area contributed by atoms with Gasteiger partial charge in [0.05, 0.1) is 5.69 Å². The number of anilines is 1. The lowest BCUT2D eigenvalue weighted by Gasteiger charge is -2.36. The molecule has 0 radical (unpaired) electrons. The van der Waals surface area contributed by atoms with E-state index in [0.29, 0.717) is 16.4 Å². The van der Waals surface area contributed by atoms with Crippen LogP contribution in [0.5, 0.6) is 5.75 Å². The second-order valence-corrected chi connectivity index (χ2v) is 11.2. The Morgan fingerprint density at radius 2 is 1.80 bits per heavy atom. The molecular formula is C31H29F5N6O2S. The van der Waals surface area contributed by atoms with Gasteiger partial charge in [-0.3, -0.25) is 0 Å². The number of amidine groups is 1. The maximum Gasteiger partial charge on any atom is 0.573 e. The van der Waals surface area contributed by atoms with Crippen molar-refractivity contribution in [2.24, 2.45) is 4.99 Å². The predicted octanol–water partition coefficient (Wildman–Crippen LogP) is 7.80. The highest BCUT2D eigenvalue weighted by atomic mass is 32.2. The lowest BCUT2D eigenvalue weighted by atomic mass is 10.1. The van der Waals surface area contributed by atoms with E-state index in [2.05, 4.69) is 19.8 Å². The summed E-state index contributed by atoms with van der Waals surface area (Å²) < 4.78 is 72.5. The van der Waals surface area contributed by atoms with Crippen molar-refractivity contribution in [3.05, 3.63) is 90.3 Å². The first-order valence-electron chi connectivity index (χ1n) is 14.1. The Bertz CT molecular complexity index is 1650. The number of thioether (sulfide) groups is 1. The number of para-hydroxylation sites is 1. The fraction of sp³-hybridized carbons (Fsp3) is 0.290. The van der Waals surface area contributed by atoms with Crippen molar-refractivity contribution in [3.63, 3.8) is 0 Å². The van der Waals surface area contributed by atoms with Crippen LogP contribution in [0.4, 0.5) is 32.4 Å². The van der Waals surface area contributed by atoms with E-state index in [9.17, 15) is 22.4 Å². The van der Waals surface area contributed by atoms with E-state index >= 15 is 4.39 Å². The standard InChI is InChI=1S/C31H29F5N6O2S/c1-3-20-6-4-5-7-25(20)42-19(2)16-17-45-30(42)39-29(43)38-27(33)26(32)21-8-10-22(11-9-21)28-37-18-41(40-28)23-12-14-24(15-13-23)44-31(34,35)36/h4-15,18-19,26-27H,3,16-17H2,1-2H3,(H,38,43)/b39-30-. The van der Waals surface area contributed by atoms with Gasteiger partial charge >= 0.3 is 12.4 Å². The molecule has 5 rings (SSSR count). The molecule has 2 amide bonds. The van der Waals surface area contributed by atoms with Crippen molar-refractivity contribution in [1.82, 2.24) is 20.1 Å². The molecule has 3 unspecified atom stereocenters. The normalized spacial score (nSPS) is 17.6. The van der Waals surface area contributed by atoms with Crippen molar-refractivity contribution >= 4 is 28.6 Å². The van der Waals surface area contributed by atoms with E-state index in [-0.39, 0.29) is 23.2 Å². The molecule has 2 heterocycles. The number of carbonyl (C=O) groups is 1. The van der Waals surface area contributed by atoms with Gasteiger partial charge in [0.25, 0.3) is 0 Å². The van der Waals surface area contributed by atoms with E-state index in [1.807, 2.05) is 48.3 Å². The molecule has 1 aliphatic rings. The molecule has 1 aromatic heterocycles. The molecule has 0 saturated carbocycles. The monoisotopic (exact) mass is 644 g/mol. The Labute approximate surface area is 260 Å². The number of halogens is 5. The largest absolute Gasteiger partial charge is 0.573 e. The first-order valence-corrected chi connectivity index (χ1v) is 15.1. The molecule has 236 valence electrons. The summed E-state index contributed by atoms with van der Waals surface area (Å²) in [6.45, 7) is 4.07. The molecule has 4 aromatic rings. The highest BCUT2D eigenvalue weighted by molar-refractivity contribution is 8.14. The molecule has 1 aliphatic heterocycles. The van der Waals surface area contributed by atoms with Gasteiger partial charge in [0.2, 0.25) is 6.30 Å². The summed E-state index contributed by atoms with van der Waals surface area (Å²) in [5.74, 6) is 0.618. The molecule has 8 nitrogen and oxygen atoms in total. The number of benzene rings is 3. The van der Waals surface area contributed by atoms with Gasteiger partial charge in [0.1, 0.15) is 12.1 Å². The van der Waals surface area contributed by atoms with Crippen molar-refractivity contribution in [2.75, 3.05) is 10.7 Å². The van der Waals surface area contributed by atoms with Crippen LogP contribution in [-0.2, 0) is 6.42 Å². The first-order chi connectivity index (χ1) is 21.5. The maximum atomic E-state index is 15.1. The SMILES string of the molecule is CCc1ccccc1N1/C(=N/C(=O)NC(F)C(F)c2ccc(-c3ncn(-c4ccc(OC(F)(F)F)cc4)n3)cc2)SCCC1C. The molecule has 3 atom stereocenters. The van der Waals surface area contributed by atoms with E-state index in [0.717, 1.165) is 42.0 Å². The number of aryl methyl sites for hydroxylation is 1. The number of carbonyl (C=O) groups excluding carboxylic acids is 1. The molecule has 3 aromatic carbocycles. The van der Waals surface area contributed by atoms with Crippen LogP contribution in [0.25, 0.3) is 17.1 Å². The summed E-state index contributed by atoms with van der Waals surface area (Å²) in [5.41, 5.74) is 2.93. The molecule has 0 aliphatic carbocycles. The Hall–Kier alpha value is -4.46. The summed E-state index contributed by atoms with van der Waals surface area (Å²) in [7, 11) is 0. The zero-order chi connectivity index (χ0) is 32.1. The smallest absolute Gasteiger partial charge is 0.406 e. The van der Waals surface area contributed by atoms with Gasteiger partial charge in [-0.2, -0.15) is 4.99 Å². The van der Waals surface area contributed by atoms with Crippen LogP contribution < -0.4 is 15.0 Å². The van der Waals surface area contributed by atoms with Crippen LogP contribution >= 0.6 is 11.8 Å². The fourth-order valence-electron chi connectivity index (χ4n) is 4.79. The molecule has 0 spiro atoms. The Balaban J connectivity index is 1.23. The summed E-state index contributed by atoms with van der Waals surface area (Å²) in [5, 5.41) is 6.75. The van der Waals surface area contributed by atoms with Crippen molar-refractivity contribution in [3.8, 4) is 22.8 Å². The number of urea groups is 1. The van der Waals surface area contributed by atoms with Crippen molar-refractivity contribution in [2.45, 2.75) is 51.6 Å². The van der Waals surface area contributed by atoms with Gasteiger partial charge in [0.15, 0.2) is 17.2 Å².